The Labute approximate surface area is 110 Å². The highest BCUT2D eigenvalue weighted by Gasteiger charge is 2.27. The minimum Gasteiger partial charge on any atom is -0.476 e. The second-order valence-electron chi connectivity index (χ2n) is 5.26. The molecular formula is C12H17N5O2. The molecule has 7 nitrogen and oxygen atoms in total. The van der Waals surface area contributed by atoms with E-state index in [2.05, 4.69) is 15.4 Å². The fraction of sp³-hybridized carbons (Fsp3) is 0.500. The van der Waals surface area contributed by atoms with Gasteiger partial charge in [-0.15, -0.1) is 5.10 Å². The fourth-order valence-corrected chi connectivity index (χ4v) is 1.81. The molecule has 0 aliphatic heterocycles. The fourth-order valence-electron chi connectivity index (χ4n) is 1.81. The minimum atomic E-state index is -1.09. The molecule has 2 aromatic heterocycles. The first-order chi connectivity index (χ1) is 8.84. The van der Waals surface area contributed by atoms with Gasteiger partial charge in [0.15, 0.2) is 5.69 Å². The number of aromatic nitrogens is 5. The van der Waals surface area contributed by atoms with E-state index in [1.165, 1.54) is 0 Å². The number of hydrogen-bond donors (Lipinski definition) is 1. The maximum Gasteiger partial charge on any atom is 0.358 e. The van der Waals surface area contributed by atoms with Crippen LogP contribution in [0.3, 0.4) is 0 Å². The lowest BCUT2D eigenvalue weighted by Gasteiger charge is -2.20. The molecule has 0 atom stereocenters. The van der Waals surface area contributed by atoms with Crippen LogP contribution in [0.4, 0.5) is 0 Å². The van der Waals surface area contributed by atoms with Crippen LogP contribution < -0.4 is 0 Å². The van der Waals surface area contributed by atoms with Crippen LogP contribution >= 0.6 is 0 Å². The van der Waals surface area contributed by atoms with Gasteiger partial charge in [0.05, 0.1) is 11.7 Å². The van der Waals surface area contributed by atoms with Crippen molar-refractivity contribution in [3.05, 3.63) is 18.1 Å². The second kappa shape index (κ2) is 4.49. The van der Waals surface area contributed by atoms with Crippen LogP contribution in [-0.2, 0) is 12.1 Å². The molecule has 102 valence electrons. The summed E-state index contributed by atoms with van der Waals surface area (Å²) in [5.41, 5.74) is 0.786. The van der Waals surface area contributed by atoms with E-state index in [1.807, 2.05) is 27.7 Å². The Balaban J connectivity index is 2.64. The van der Waals surface area contributed by atoms with Crippen molar-refractivity contribution in [2.24, 2.45) is 0 Å². The van der Waals surface area contributed by atoms with E-state index in [0.29, 0.717) is 11.3 Å². The predicted molar refractivity (Wildman–Crippen MR) is 68.9 cm³/mol. The number of carbonyl (C=O) groups is 1. The monoisotopic (exact) mass is 263 g/mol. The zero-order valence-electron chi connectivity index (χ0n) is 11.5. The van der Waals surface area contributed by atoms with E-state index in [0.717, 1.165) is 6.54 Å². The molecule has 2 heterocycles. The minimum absolute atomic E-state index is 0.0504. The molecule has 0 aliphatic rings. The largest absolute Gasteiger partial charge is 0.476 e. The number of aryl methyl sites for hydroxylation is 1. The van der Waals surface area contributed by atoms with Crippen LogP contribution in [0.2, 0.25) is 0 Å². The normalized spacial score (nSPS) is 11.8. The quantitative estimate of drug-likeness (QED) is 0.909. The van der Waals surface area contributed by atoms with Crippen LogP contribution in [0, 0.1) is 0 Å². The first kappa shape index (κ1) is 13.3. The SMILES string of the molecule is CCn1cc(-c2c(C(=O)O)nnn2C(C)(C)C)cn1. The van der Waals surface area contributed by atoms with Crippen molar-refractivity contribution < 1.29 is 9.90 Å². The molecular weight excluding hydrogens is 246 g/mol. The molecule has 0 spiro atoms. The number of hydrogen-bond acceptors (Lipinski definition) is 4. The average Bonchev–Trinajstić information content (AvgIpc) is 2.93. The summed E-state index contributed by atoms with van der Waals surface area (Å²) in [6.45, 7) is 8.52. The summed E-state index contributed by atoms with van der Waals surface area (Å²) in [5, 5.41) is 21.1. The van der Waals surface area contributed by atoms with E-state index >= 15 is 0 Å². The average molecular weight is 263 g/mol. The highest BCUT2D eigenvalue weighted by atomic mass is 16.4. The summed E-state index contributed by atoms with van der Waals surface area (Å²) in [6, 6.07) is 0. The molecule has 0 bridgehead atoms. The number of carboxylic acid groups (broad SMARTS) is 1. The van der Waals surface area contributed by atoms with Gasteiger partial charge in [-0.05, 0) is 27.7 Å². The van der Waals surface area contributed by atoms with Crippen molar-refractivity contribution in [3.8, 4) is 11.3 Å². The molecule has 0 amide bonds. The van der Waals surface area contributed by atoms with Gasteiger partial charge < -0.3 is 5.11 Å². The van der Waals surface area contributed by atoms with Gasteiger partial charge in [0.2, 0.25) is 0 Å². The summed E-state index contributed by atoms with van der Waals surface area (Å²) >= 11 is 0. The van der Waals surface area contributed by atoms with Crippen molar-refractivity contribution >= 4 is 5.97 Å². The third kappa shape index (κ3) is 2.35. The predicted octanol–water partition coefficient (Wildman–Crippen LogP) is 1.61. The summed E-state index contributed by atoms with van der Waals surface area (Å²) in [6.07, 6.45) is 3.43. The molecule has 1 N–H and O–H groups in total. The highest BCUT2D eigenvalue weighted by Crippen LogP contribution is 2.27. The van der Waals surface area contributed by atoms with Gasteiger partial charge in [-0.1, -0.05) is 5.21 Å². The standard InChI is InChI=1S/C12H17N5O2/c1-5-16-7-8(6-13-16)10-9(11(18)19)14-15-17(10)12(2,3)4/h6-7H,5H2,1-4H3,(H,18,19). The summed E-state index contributed by atoms with van der Waals surface area (Å²) < 4.78 is 3.36. The number of aromatic carboxylic acids is 1. The van der Waals surface area contributed by atoms with E-state index in [4.69, 9.17) is 0 Å². The van der Waals surface area contributed by atoms with Crippen molar-refractivity contribution in [2.75, 3.05) is 0 Å². The van der Waals surface area contributed by atoms with Gasteiger partial charge in [-0.3, -0.25) is 4.68 Å². The second-order valence-corrected chi connectivity index (χ2v) is 5.26. The molecule has 0 radical (unpaired) electrons. The molecule has 0 fully saturated rings. The highest BCUT2D eigenvalue weighted by molar-refractivity contribution is 5.92. The van der Waals surface area contributed by atoms with Gasteiger partial charge in [0, 0.05) is 18.3 Å². The van der Waals surface area contributed by atoms with Crippen LogP contribution in [0.1, 0.15) is 38.2 Å². The Bertz CT molecular complexity index is 606. The Hall–Kier alpha value is -2.18. The van der Waals surface area contributed by atoms with E-state index < -0.39 is 5.97 Å². The van der Waals surface area contributed by atoms with Gasteiger partial charge in [-0.25, -0.2) is 9.48 Å². The van der Waals surface area contributed by atoms with Crippen molar-refractivity contribution in [3.63, 3.8) is 0 Å². The Morgan fingerprint density at radius 3 is 2.58 bits per heavy atom. The number of nitrogens with zero attached hydrogens (tertiary/aromatic N) is 5. The van der Waals surface area contributed by atoms with Gasteiger partial charge in [0.25, 0.3) is 0 Å². The molecule has 0 saturated carbocycles. The van der Waals surface area contributed by atoms with Crippen LogP contribution in [0.5, 0.6) is 0 Å². The topological polar surface area (TPSA) is 85.8 Å². The summed E-state index contributed by atoms with van der Waals surface area (Å²) in [4.78, 5) is 11.3. The lowest BCUT2D eigenvalue weighted by molar-refractivity contribution is 0.0691. The van der Waals surface area contributed by atoms with Gasteiger partial charge in [-0.2, -0.15) is 5.10 Å². The molecule has 19 heavy (non-hydrogen) atoms. The summed E-state index contributed by atoms with van der Waals surface area (Å²) in [5.74, 6) is -1.09. The Morgan fingerprint density at radius 1 is 1.42 bits per heavy atom. The number of carboxylic acids is 1. The third-order valence-corrected chi connectivity index (χ3v) is 2.74. The Morgan fingerprint density at radius 2 is 2.11 bits per heavy atom. The molecule has 0 saturated heterocycles. The maximum atomic E-state index is 11.3. The van der Waals surface area contributed by atoms with E-state index in [1.54, 1.807) is 21.8 Å². The van der Waals surface area contributed by atoms with Crippen molar-refractivity contribution in [1.29, 1.82) is 0 Å². The molecule has 7 heteroatoms. The zero-order chi connectivity index (χ0) is 14.2. The molecule has 2 aromatic rings. The van der Waals surface area contributed by atoms with Crippen LogP contribution in [0.15, 0.2) is 12.4 Å². The Kier molecular flexibility index (Phi) is 3.13. The van der Waals surface area contributed by atoms with E-state index in [-0.39, 0.29) is 11.2 Å². The lowest BCUT2D eigenvalue weighted by atomic mass is 10.1. The molecule has 0 aliphatic carbocycles. The molecule has 0 aromatic carbocycles. The lowest BCUT2D eigenvalue weighted by Crippen LogP contribution is -2.24. The smallest absolute Gasteiger partial charge is 0.358 e. The van der Waals surface area contributed by atoms with Crippen LogP contribution in [0.25, 0.3) is 11.3 Å². The molecule has 2 rings (SSSR count). The van der Waals surface area contributed by atoms with Crippen molar-refractivity contribution in [2.45, 2.75) is 39.8 Å². The first-order valence-corrected chi connectivity index (χ1v) is 6.07. The molecule has 0 unspecified atom stereocenters. The zero-order valence-corrected chi connectivity index (χ0v) is 11.5. The third-order valence-electron chi connectivity index (χ3n) is 2.74. The van der Waals surface area contributed by atoms with Gasteiger partial charge >= 0.3 is 5.97 Å². The number of rotatable bonds is 3. The first-order valence-electron chi connectivity index (χ1n) is 6.07. The maximum absolute atomic E-state index is 11.3. The van der Waals surface area contributed by atoms with Gasteiger partial charge in [0.1, 0.15) is 5.69 Å². The summed E-state index contributed by atoms with van der Waals surface area (Å²) in [7, 11) is 0. The van der Waals surface area contributed by atoms with Crippen molar-refractivity contribution in [1.82, 2.24) is 24.8 Å². The van der Waals surface area contributed by atoms with E-state index in [9.17, 15) is 9.90 Å². The van der Waals surface area contributed by atoms with Crippen LogP contribution in [-0.4, -0.2) is 35.9 Å².